The number of nitrogens with one attached hydrogen (secondary N) is 1. The summed E-state index contributed by atoms with van der Waals surface area (Å²) in [6, 6.07) is 3.71. The molecular weight excluding hydrogens is 324 g/mol. The Morgan fingerprint density at radius 1 is 1.65 bits per heavy atom. The van der Waals surface area contributed by atoms with Gasteiger partial charge < -0.3 is 11.1 Å². The average molecular weight is 340 g/mol. The van der Waals surface area contributed by atoms with Crippen LogP contribution in [0.25, 0.3) is 0 Å². The van der Waals surface area contributed by atoms with Crippen LogP contribution >= 0.6 is 39.7 Å². The Hall–Kier alpha value is -0.100. The molecule has 1 aliphatic rings. The highest BCUT2D eigenvalue weighted by Gasteiger charge is 2.41. The number of rotatable bonds is 4. The molecule has 96 valence electrons. The van der Waals surface area contributed by atoms with Gasteiger partial charge in [0, 0.05) is 6.54 Å². The number of hydrogen-bond donors (Lipinski definition) is 2. The van der Waals surface area contributed by atoms with Gasteiger partial charge in [-0.1, -0.05) is 0 Å². The van der Waals surface area contributed by atoms with Gasteiger partial charge in [0.25, 0.3) is 5.91 Å². The van der Waals surface area contributed by atoms with Crippen LogP contribution in [0.5, 0.6) is 0 Å². The fraction of sp³-hybridized carbons (Fsp3) is 0.545. The zero-order chi connectivity index (χ0) is 11.8. The minimum atomic E-state index is -0.243. The molecule has 1 atom stereocenters. The summed E-state index contributed by atoms with van der Waals surface area (Å²) in [5.41, 5.74) is 5.52. The van der Waals surface area contributed by atoms with Crippen molar-refractivity contribution in [2.75, 3.05) is 6.54 Å². The second-order valence-electron chi connectivity index (χ2n) is 4.45. The highest BCUT2D eigenvalue weighted by Crippen LogP contribution is 2.39. The van der Waals surface area contributed by atoms with Gasteiger partial charge in [-0.25, -0.2) is 0 Å². The van der Waals surface area contributed by atoms with Crippen molar-refractivity contribution in [2.24, 2.45) is 11.7 Å². The van der Waals surface area contributed by atoms with Crippen LogP contribution in [0.2, 0.25) is 0 Å². The lowest BCUT2D eigenvalue weighted by molar-refractivity contribution is 0.0902. The third-order valence-electron chi connectivity index (χ3n) is 3.10. The second kappa shape index (κ2) is 5.69. The number of amides is 1. The summed E-state index contributed by atoms with van der Waals surface area (Å²) in [4.78, 5) is 12.7. The molecule has 1 heterocycles. The zero-order valence-electron chi connectivity index (χ0n) is 9.53. The average Bonchev–Trinajstić information content (AvgIpc) is 3.02. The SMILES string of the molecule is CC(CN)(NC(=O)c1ccc(Br)s1)C1CC1.Cl. The Labute approximate surface area is 120 Å². The van der Waals surface area contributed by atoms with Crippen LogP contribution in [0, 0.1) is 5.92 Å². The van der Waals surface area contributed by atoms with E-state index < -0.39 is 0 Å². The van der Waals surface area contributed by atoms with E-state index >= 15 is 0 Å². The molecule has 3 nitrogen and oxygen atoms in total. The largest absolute Gasteiger partial charge is 0.345 e. The Balaban J connectivity index is 0.00000144. The molecule has 0 saturated heterocycles. The van der Waals surface area contributed by atoms with E-state index in [4.69, 9.17) is 5.73 Å². The first-order valence-electron chi connectivity index (χ1n) is 5.33. The maximum Gasteiger partial charge on any atom is 0.261 e. The molecular formula is C11H16BrClN2OS. The summed E-state index contributed by atoms with van der Waals surface area (Å²) in [5.74, 6) is 0.528. The van der Waals surface area contributed by atoms with Crippen molar-refractivity contribution < 1.29 is 4.79 Å². The van der Waals surface area contributed by atoms with Crippen LogP contribution in [0.1, 0.15) is 29.4 Å². The predicted octanol–water partition coefficient (Wildman–Crippen LogP) is 2.79. The minimum absolute atomic E-state index is 0. The van der Waals surface area contributed by atoms with Crippen LogP contribution in [0.4, 0.5) is 0 Å². The molecule has 0 radical (unpaired) electrons. The number of carbonyl (C=O) groups is 1. The summed E-state index contributed by atoms with van der Waals surface area (Å²) in [7, 11) is 0. The normalized spacial score (nSPS) is 18.1. The molecule has 6 heteroatoms. The van der Waals surface area contributed by atoms with E-state index in [-0.39, 0.29) is 23.9 Å². The van der Waals surface area contributed by atoms with Gasteiger partial charge in [-0.3, -0.25) is 4.79 Å². The molecule has 17 heavy (non-hydrogen) atoms. The van der Waals surface area contributed by atoms with Crippen molar-refractivity contribution in [2.45, 2.75) is 25.3 Å². The maximum absolute atomic E-state index is 12.0. The third kappa shape index (κ3) is 3.44. The number of thiophene rings is 1. The molecule has 0 bridgehead atoms. The number of halogens is 2. The fourth-order valence-corrected chi connectivity index (χ4v) is 3.08. The lowest BCUT2D eigenvalue weighted by Crippen LogP contribution is -2.53. The Kier molecular flexibility index (Phi) is 5.01. The van der Waals surface area contributed by atoms with E-state index in [9.17, 15) is 4.79 Å². The van der Waals surface area contributed by atoms with Gasteiger partial charge in [0.1, 0.15) is 0 Å². The van der Waals surface area contributed by atoms with Gasteiger partial charge >= 0.3 is 0 Å². The zero-order valence-corrected chi connectivity index (χ0v) is 12.8. The van der Waals surface area contributed by atoms with Gasteiger partial charge in [-0.2, -0.15) is 0 Å². The van der Waals surface area contributed by atoms with Crippen molar-refractivity contribution in [3.8, 4) is 0 Å². The van der Waals surface area contributed by atoms with Crippen molar-refractivity contribution in [3.63, 3.8) is 0 Å². The summed E-state index contributed by atoms with van der Waals surface area (Å²) in [6.07, 6.45) is 2.34. The van der Waals surface area contributed by atoms with Gasteiger partial charge in [-0.15, -0.1) is 23.7 Å². The van der Waals surface area contributed by atoms with Crippen LogP contribution in [0.3, 0.4) is 0 Å². The standard InChI is InChI=1S/C11H15BrN2OS.ClH/c1-11(6-13,7-2-3-7)14-10(15)8-4-5-9(12)16-8;/h4-5,7H,2-3,6,13H2,1H3,(H,14,15);1H. The van der Waals surface area contributed by atoms with E-state index in [0.29, 0.717) is 12.5 Å². The van der Waals surface area contributed by atoms with E-state index in [1.165, 1.54) is 24.2 Å². The van der Waals surface area contributed by atoms with E-state index in [1.54, 1.807) is 0 Å². The number of hydrogen-bond acceptors (Lipinski definition) is 3. The minimum Gasteiger partial charge on any atom is -0.345 e. The van der Waals surface area contributed by atoms with E-state index in [2.05, 4.69) is 21.2 Å². The van der Waals surface area contributed by atoms with Crippen LogP contribution in [-0.4, -0.2) is 18.0 Å². The first-order valence-corrected chi connectivity index (χ1v) is 6.94. The number of nitrogens with two attached hydrogens (primary N) is 1. The van der Waals surface area contributed by atoms with Gasteiger partial charge in [-0.05, 0) is 53.7 Å². The summed E-state index contributed by atoms with van der Waals surface area (Å²) in [5, 5.41) is 3.06. The molecule has 1 aromatic rings. The van der Waals surface area contributed by atoms with Crippen LogP contribution in [-0.2, 0) is 0 Å². The van der Waals surface area contributed by atoms with Crippen LogP contribution in [0.15, 0.2) is 15.9 Å². The first-order chi connectivity index (χ1) is 7.55. The van der Waals surface area contributed by atoms with Crippen molar-refractivity contribution in [1.82, 2.24) is 5.32 Å². The topological polar surface area (TPSA) is 55.1 Å². The fourth-order valence-electron chi connectivity index (χ4n) is 1.80. The summed E-state index contributed by atoms with van der Waals surface area (Å²) < 4.78 is 0.971. The molecule has 1 fully saturated rings. The summed E-state index contributed by atoms with van der Waals surface area (Å²) in [6.45, 7) is 2.53. The second-order valence-corrected chi connectivity index (χ2v) is 6.92. The third-order valence-corrected chi connectivity index (χ3v) is 4.72. The first kappa shape index (κ1) is 15.0. The molecule has 1 aliphatic carbocycles. The van der Waals surface area contributed by atoms with Crippen molar-refractivity contribution in [3.05, 3.63) is 20.8 Å². The molecule has 3 N–H and O–H groups in total. The van der Waals surface area contributed by atoms with Gasteiger partial charge in [0.2, 0.25) is 0 Å². The number of carbonyl (C=O) groups excluding carboxylic acids is 1. The van der Waals surface area contributed by atoms with Crippen molar-refractivity contribution in [1.29, 1.82) is 0 Å². The molecule has 1 saturated carbocycles. The quantitative estimate of drug-likeness (QED) is 0.886. The maximum atomic E-state index is 12.0. The monoisotopic (exact) mass is 338 g/mol. The van der Waals surface area contributed by atoms with Gasteiger partial charge in [0.05, 0.1) is 14.2 Å². The Bertz CT molecular complexity index is 408. The van der Waals surface area contributed by atoms with E-state index in [0.717, 1.165) is 8.66 Å². The molecule has 1 amide bonds. The molecule has 2 rings (SSSR count). The highest BCUT2D eigenvalue weighted by atomic mass is 79.9. The highest BCUT2D eigenvalue weighted by molar-refractivity contribution is 9.11. The Morgan fingerprint density at radius 3 is 2.71 bits per heavy atom. The lowest BCUT2D eigenvalue weighted by Gasteiger charge is -2.29. The molecule has 0 aliphatic heterocycles. The summed E-state index contributed by atoms with van der Waals surface area (Å²) >= 11 is 4.80. The Morgan fingerprint density at radius 2 is 2.29 bits per heavy atom. The lowest BCUT2D eigenvalue weighted by atomic mass is 9.96. The molecule has 0 aromatic carbocycles. The smallest absolute Gasteiger partial charge is 0.261 e. The van der Waals surface area contributed by atoms with Crippen LogP contribution < -0.4 is 11.1 Å². The molecule has 0 spiro atoms. The molecule has 1 aromatic heterocycles. The predicted molar refractivity (Wildman–Crippen MR) is 76.9 cm³/mol. The van der Waals surface area contributed by atoms with Gasteiger partial charge in [0.15, 0.2) is 0 Å². The molecule has 1 unspecified atom stereocenters. The van der Waals surface area contributed by atoms with Crippen molar-refractivity contribution >= 4 is 45.6 Å². The van der Waals surface area contributed by atoms with E-state index in [1.807, 2.05) is 19.1 Å².